The van der Waals surface area contributed by atoms with E-state index in [1.807, 2.05) is 0 Å². The molecule has 1 aliphatic heterocycles. The molecule has 0 atom stereocenters. The Labute approximate surface area is 188 Å². The minimum atomic E-state index is -0.585. The number of rotatable bonds is 5. The van der Waals surface area contributed by atoms with Crippen molar-refractivity contribution in [3.63, 3.8) is 0 Å². The number of amides is 1. The highest BCUT2D eigenvalue weighted by Gasteiger charge is 2.33. The van der Waals surface area contributed by atoms with Crippen molar-refractivity contribution in [1.82, 2.24) is 0 Å². The molecule has 0 spiro atoms. The molecule has 29 heavy (non-hydrogen) atoms. The molecule has 1 aliphatic rings. The maximum Gasteiger partial charge on any atom is 0.343 e. The van der Waals surface area contributed by atoms with Gasteiger partial charge in [0.05, 0.1) is 22.7 Å². The molecule has 10 heteroatoms. The molecule has 3 rings (SSSR count). The highest BCUT2D eigenvalue weighted by molar-refractivity contribution is 9.10. The minimum absolute atomic E-state index is 0.106. The molecule has 1 fully saturated rings. The summed E-state index contributed by atoms with van der Waals surface area (Å²) in [6, 6.07) is 9.10. The standard InChI is InChI=1S/C19H12BrClFNO4S2/c1-26-17(24)9-27-15-5-2-11(20)6-10(15)7-16-18(25)23(19(28)29-16)12-3-4-14(22)13(21)8-12/h2-8H,9H2,1H3/b16-7+. The van der Waals surface area contributed by atoms with E-state index in [1.54, 1.807) is 24.3 Å². The smallest absolute Gasteiger partial charge is 0.343 e. The maximum absolute atomic E-state index is 13.4. The van der Waals surface area contributed by atoms with Crippen molar-refractivity contribution >= 4 is 79.5 Å². The monoisotopic (exact) mass is 515 g/mol. The Bertz CT molecular complexity index is 1050. The number of carbonyl (C=O) groups is 2. The van der Waals surface area contributed by atoms with E-state index in [9.17, 15) is 14.0 Å². The zero-order chi connectivity index (χ0) is 21.1. The van der Waals surface area contributed by atoms with Crippen LogP contribution in [0.4, 0.5) is 10.1 Å². The van der Waals surface area contributed by atoms with Gasteiger partial charge in [-0.15, -0.1) is 0 Å². The molecule has 1 saturated heterocycles. The summed E-state index contributed by atoms with van der Waals surface area (Å²) in [5, 5.41) is -0.106. The predicted octanol–water partition coefficient (Wildman–Crippen LogP) is 5.20. The Morgan fingerprint density at radius 3 is 2.79 bits per heavy atom. The third-order valence-corrected chi connectivity index (χ3v) is 5.87. The van der Waals surface area contributed by atoms with E-state index in [0.29, 0.717) is 21.9 Å². The summed E-state index contributed by atoms with van der Waals surface area (Å²) in [4.78, 5) is 25.9. The van der Waals surface area contributed by atoms with Gasteiger partial charge in [-0.2, -0.15) is 0 Å². The Balaban J connectivity index is 1.92. The molecule has 1 amide bonds. The van der Waals surface area contributed by atoms with Gasteiger partial charge in [0.1, 0.15) is 11.6 Å². The molecule has 150 valence electrons. The molecule has 2 aromatic rings. The average Bonchev–Trinajstić information content (AvgIpc) is 2.96. The molecule has 5 nitrogen and oxygen atoms in total. The van der Waals surface area contributed by atoms with Gasteiger partial charge in [-0.05, 0) is 42.5 Å². The average molecular weight is 517 g/mol. The van der Waals surface area contributed by atoms with Crippen LogP contribution >= 0.6 is 51.5 Å². The number of esters is 1. The molecule has 0 aliphatic carbocycles. The predicted molar refractivity (Wildman–Crippen MR) is 119 cm³/mol. The second-order valence-corrected chi connectivity index (χ2v) is 8.66. The van der Waals surface area contributed by atoms with E-state index in [2.05, 4.69) is 20.7 Å². The lowest BCUT2D eigenvalue weighted by atomic mass is 10.2. The third kappa shape index (κ3) is 4.98. The lowest BCUT2D eigenvalue weighted by Crippen LogP contribution is -2.27. The quantitative estimate of drug-likeness (QED) is 0.309. The van der Waals surface area contributed by atoms with Gasteiger partial charge in [0.2, 0.25) is 0 Å². The number of thiocarbonyl (C=S) groups is 1. The van der Waals surface area contributed by atoms with Crippen LogP contribution in [0.5, 0.6) is 5.75 Å². The number of hydrogen-bond donors (Lipinski definition) is 0. The van der Waals surface area contributed by atoms with E-state index < -0.39 is 11.8 Å². The zero-order valence-electron chi connectivity index (χ0n) is 14.8. The van der Waals surface area contributed by atoms with Gasteiger partial charge in [0.15, 0.2) is 10.9 Å². The summed E-state index contributed by atoms with van der Waals surface area (Å²) < 4.78 is 24.6. The fourth-order valence-corrected chi connectivity index (χ4v) is 4.26. The molecule has 0 bridgehead atoms. The third-order valence-electron chi connectivity index (χ3n) is 3.79. The van der Waals surface area contributed by atoms with Gasteiger partial charge < -0.3 is 9.47 Å². The van der Waals surface area contributed by atoms with E-state index in [0.717, 1.165) is 16.2 Å². The molecule has 0 radical (unpaired) electrons. The van der Waals surface area contributed by atoms with Crippen LogP contribution in [0, 0.1) is 5.82 Å². The topological polar surface area (TPSA) is 55.8 Å². The fraction of sp³-hybridized carbons (Fsp3) is 0.105. The number of carbonyl (C=O) groups excluding carboxylic acids is 2. The Morgan fingerprint density at radius 2 is 2.10 bits per heavy atom. The first-order chi connectivity index (χ1) is 13.8. The number of benzene rings is 2. The minimum Gasteiger partial charge on any atom is -0.481 e. The molecule has 0 aromatic heterocycles. The van der Waals surface area contributed by atoms with E-state index >= 15 is 0 Å². The molecule has 0 unspecified atom stereocenters. The van der Waals surface area contributed by atoms with Crippen molar-refractivity contribution in [1.29, 1.82) is 0 Å². The van der Waals surface area contributed by atoms with Gasteiger partial charge in [0, 0.05) is 10.0 Å². The van der Waals surface area contributed by atoms with Crippen LogP contribution in [0.2, 0.25) is 5.02 Å². The van der Waals surface area contributed by atoms with Gasteiger partial charge in [-0.1, -0.05) is 51.5 Å². The summed E-state index contributed by atoms with van der Waals surface area (Å²) in [5.74, 6) is -1.09. The van der Waals surface area contributed by atoms with Crippen LogP contribution in [0.25, 0.3) is 6.08 Å². The van der Waals surface area contributed by atoms with Crippen LogP contribution in [0.15, 0.2) is 45.8 Å². The van der Waals surface area contributed by atoms with Crippen molar-refractivity contribution in [2.45, 2.75) is 0 Å². The molecular formula is C19H12BrClFNO4S2. The molecule has 1 heterocycles. The Kier molecular flexibility index (Phi) is 6.94. The first kappa shape index (κ1) is 21.8. The van der Waals surface area contributed by atoms with Gasteiger partial charge in [-0.3, -0.25) is 9.69 Å². The Morgan fingerprint density at radius 1 is 1.34 bits per heavy atom. The van der Waals surface area contributed by atoms with Crippen LogP contribution in [0.1, 0.15) is 5.56 Å². The van der Waals surface area contributed by atoms with Gasteiger partial charge in [0.25, 0.3) is 5.91 Å². The summed E-state index contributed by atoms with van der Waals surface area (Å²) in [7, 11) is 1.27. The Hall–Kier alpha value is -1.94. The SMILES string of the molecule is COC(=O)COc1ccc(Br)cc1/C=C1/SC(=S)N(c2ccc(F)c(Cl)c2)C1=O. The van der Waals surface area contributed by atoms with Crippen molar-refractivity contribution in [2.75, 3.05) is 18.6 Å². The molecule has 2 aromatic carbocycles. The zero-order valence-corrected chi connectivity index (χ0v) is 18.8. The first-order valence-corrected chi connectivity index (χ1v) is 10.4. The van der Waals surface area contributed by atoms with Crippen LogP contribution in [-0.4, -0.2) is 29.9 Å². The van der Waals surface area contributed by atoms with Crippen LogP contribution in [-0.2, 0) is 14.3 Å². The summed E-state index contributed by atoms with van der Waals surface area (Å²) in [6.07, 6.45) is 1.61. The second kappa shape index (κ2) is 9.25. The molecule has 0 N–H and O–H groups in total. The lowest BCUT2D eigenvalue weighted by Gasteiger charge is -2.14. The highest BCUT2D eigenvalue weighted by Crippen LogP contribution is 2.38. The number of nitrogens with zero attached hydrogens (tertiary/aromatic N) is 1. The number of hydrogen-bond acceptors (Lipinski definition) is 6. The van der Waals surface area contributed by atoms with E-state index in [4.69, 9.17) is 28.6 Å². The number of ether oxygens (including phenoxy) is 2. The number of methoxy groups -OCH3 is 1. The maximum atomic E-state index is 13.4. The van der Waals surface area contributed by atoms with Crippen molar-refractivity contribution < 1.29 is 23.5 Å². The summed E-state index contributed by atoms with van der Waals surface area (Å²) >= 11 is 15.6. The summed E-state index contributed by atoms with van der Waals surface area (Å²) in [5.41, 5.74) is 0.944. The van der Waals surface area contributed by atoms with Gasteiger partial charge >= 0.3 is 5.97 Å². The molecular weight excluding hydrogens is 505 g/mol. The van der Waals surface area contributed by atoms with Gasteiger partial charge in [-0.25, -0.2) is 9.18 Å². The number of thioether (sulfide) groups is 1. The van der Waals surface area contributed by atoms with E-state index in [1.165, 1.54) is 30.2 Å². The van der Waals surface area contributed by atoms with Crippen LogP contribution in [0.3, 0.4) is 0 Å². The number of halogens is 3. The normalized spacial score (nSPS) is 15.2. The largest absolute Gasteiger partial charge is 0.481 e. The van der Waals surface area contributed by atoms with Crippen molar-refractivity contribution in [3.05, 3.63) is 62.2 Å². The fourth-order valence-electron chi connectivity index (χ4n) is 2.41. The summed E-state index contributed by atoms with van der Waals surface area (Å²) in [6.45, 7) is -0.270. The number of anilines is 1. The lowest BCUT2D eigenvalue weighted by molar-refractivity contribution is -0.142. The first-order valence-electron chi connectivity index (χ1n) is 8.02. The highest BCUT2D eigenvalue weighted by atomic mass is 79.9. The second-order valence-electron chi connectivity index (χ2n) is 5.66. The van der Waals surface area contributed by atoms with Crippen molar-refractivity contribution in [2.24, 2.45) is 0 Å². The van der Waals surface area contributed by atoms with Crippen molar-refractivity contribution in [3.8, 4) is 5.75 Å². The molecule has 0 saturated carbocycles. The van der Waals surface area contributed by atoms with E-state index in [-0.39, 0.29) is 21.9 Å². The van der Waals surface area contributed by atoms with Crippen LogP contribution < -0.4 is 9.64 Å².